The summed E-state index contributed by atoms with van der Waals surface area (Å²) in [4.78, 5) is 0. The Kier molecular flexibility index (Phi) is 7.12. The van der Waals surface area contributed by atoms with Crippen molar-refractivity contribution < 1.29 is 4.74 Å². The molecule has 1 nitrogen and oxygen atoms in total. The third-order valence-corrected chi connectivity index (χ3v) is 3.02. The molecule has 0 aliphatic carbocycles. The van der Waals surface area contributed by atoms with Crippen LogP contribution in [0.3, 0.4) is 0 Å². The maximum atomic E-state index is 6.05. The highest BCUT2D eigenvalue weighted by molar-refractivity contribution is 5.20. The molecule has 0 fully saturated rings. The average Bonchev–Trinajstić information content (AvgIpc) is 2.43. The van der Waals surface area contributed by atoms with Gasteiger partial charge in [-0.2, -0.15) is 0 Å². The second kappa shape index (κ2) is 8.71. The molecule has 1 heteroatoms. The molecule has 2 atom stereocenters. The molecule has 0 saturated carbocycles. The molecule has 0 bridgehead atoms. The molecule has 0 aromatic heterocycles. The molecular formula is C17H24O. The van der Waals surface area contributed by atoms with E-state index in [1.807, 2.05) is 30.4 Å². The van der Waals surface area contributed by atoms with E-state index in [1.165, 1.54) is 19.3 Å². The highest BCUT2D eigenvalue weighted by atomic mass is 16.5. The van der Waals surface area contributed by atoms with Gasteiger partial charge in [-0.05, 0) is 12.0 Å². The summed E-state index contributed by atoms with van der Waals surface area (Å²) < 4.78 is 6.05. The molecule has 0 saturated heterocycles. The predicted octanol–water partition coefficient (Wildman–Crippen LogP) is 5.07. The van der Waals surface area contributed by atoms with Crippen molar-refractivity contribution in [3.8, 4) is 0 Å². The van der Waals surface area contributed by atoms with Gasteiger partial charge < -0.3 is 4.74 Å². The van der Waals surface area contributed by atoms with Gasteiger partial charge in [0.2, 0.25) is 0 Å². The van der Waals surface area contributed by atoms with Crippen LogP contribution in [-0.2, 0) is 4.74 Å². The van der Waals surface area contributed by atoms with E-state index >= 15 is 0 Å². The molecule has 1 rings (SSSR count). The third-order valence-electron chi connectivity index (χ3n) is 3.02. The SMILES string of the molecule is C=C[C@H](O[C@@H](C=C)CCCCC)c1ccccc1. The van der Waals surface area contributed by atoms with Crippen molar-refractivity contribution >= 4 is 0 Å². The number of benzene rings is 1. The van der Waals surface area contributed by atoms with Crippen LogP contribution in [0.2, 0.25) is 0 Å². The summed E-state index contributed by atoms with van der Waals surface area (Å²) in [5, 5.41) is 0. The van der Waals surface area contributed by atoms with Gasteiger partial charge in [0.1, 0.15) is 6.10 Å². The molecule has 98 valence electrons. The van der Waals surface area contributed by atoms with Gasteiger partial charge in [-0.15, -0.1) is 13.2 Å². The highest BCUT2D eigenvalue weighted by Crippen LogP contribution is 2.22. The summed E-state index contributed by atoms with van der Waals surface area (Å²) in [5.41, 5.74) is 1.15. The number of hydrogen-bond acceptors (Lipinski definition) is 1. The van der Waals surface area contributed by atoms with Crippen molar-refractivity contribution in [1.82, 2.24) is 0 Å². The van der Waals surface area contributed by atoms with Crippen LogP contribution < -0.4 is 0 Å². The molecule has 0 aliphatic heterocycles. The van der Waals surface area contributed by atoms with Crippen molar-refractivity contribution in [2.75, 3.05) is 0 Å². The minimum atomic E-state index is -0.0455. The number of hydrogen-bond donors (Lipinski definition) is 0. The lowest BCUT2D eigenvalue weighted by molar-refractivity contribution is 0.0350. The Morgan fingerprint density at radius 2 is 1.83 bits per heavy atom. The van der Waals surface area contributed by atoms with Crippen LogP contribution in [0.15, 0.2) is 55.6 Å². The summed E-state index contributed by atoms with van der Waals surface area (Å²) in [6.45, 7) is 9.93. The lowest BCUT2D eigenvalue weighted by Crippen LogP contribution is -2.13. The lowest BCUT2D eigenvalue weighted by Gasteiger charge is -2.20. The molecule has 1 aromatic carbocycles. The Hall–Kier alpha value is -1.34. The molecule has 0 spiro atoms. The zero-order valence-corrected chi connectivity index (χ0v) is 11.3. The van der Waals surface area contributed by atoms with Gasteiger partial charge in [0.05, 0.1) is 6.10 Å². The Morgan fingerprint density at radius 3 is 2.39 bits per heavy atom. The number of unbranched alkanes of at least 4 members (excludes halogenated alkanes) is 2. The minimum absolute atomic E-state index is 0.0455. The fraction of sp³-hybridized carbons (Fsp3) is 0.412. The van der Waals surface area contributed by atoms with Crippen LogP contribution in [0.5, 0.6) is 0 Å². The monoisotopic (exact) mass is 244 g/mol. The lowest BCUT2D eigenvalue weighted by atomic mass is 10.1. The smallest absolute Gasteiger partial charge is 0.101 e. The quantitative estimate of drug-likeness (QED) is 0.435. The summed E-state index contributed by atoms with van der Waals surface area (Å²) in [5.74, 6) is 0. The molecule has 0 amide bonds. The fourth-order valence-corrected chi connectivity index (χ4v) is 1.94. The Morgan fingerprint density at radius 1 is 1.11 bits per heavy atom. The zero-order chi connectivity index (χ0) is 13.2. The van der Waals surface area contributed by atoms with Gasteiger partial charge in [-0.25, -0.2) is 0 Å². The molecule has 1 aromatic rings. The average molecular weight is 244 g/mol. The largest absolute Gasteiger partial charge is 0.362 e. The normalized spacial score (nSPS) is 13.8. The molecule has 0 aliphatic rings. The number of ether oxygens (including phenoxy) is 1. The highest BCUT2D eigenvalue weighted by Gasteiger charge is 2.12. The maximum absolute atomic E-state index is 6.05. The summed E-state index contributed by atoms with van der Waals surface area (Å²) in [7, 11) is 0. The van der Waals surface area contributed by atoms with E-state index in [0.717, 1.165) is 12.0 Å². The third kappa shape index (κ3) is 4.89. The van der Waals surface area contributed by atoms with Crippen LogP contribution in [0, 0.1) is 0 Å². The van der Waals surface area contributed by atoms with Crippen LogP contribution in [0.4, 0.5) is 0 Å². The molecule has 0 heterocycles. The first-order valence-electron chi connectivity index (χ1n) is 6.77. The Balaban J connectivity index is 2.55. The van der Waals surface area contributed by atoms with Crippen molar-refractivity contribution in [1.29, 1.82) is 0 Å². The minimum Gasteiger partial charge on any atom is -0.362 e. The molecule has 18 heavy (non-hydrogen) atoms. The molecule has 0 unspecified atom stereocenters. The summed E-state index contributed by atoms with van der Waals surface area (Å²) >= 11 is 0. The molecular weight excluding hydrogens is 220 g/mol. The van der Waals surface area contributed by atoms with E-state index in [4.69, 9.17) is 4.74 Å². The van der Waals surface area contributed by atoms with Crippen LogP contribution in [0.25, 0.3) is 0 Å². The van der Waals surface area contributed by atoms with E-state index in [9.17, 15) is 0 Å². The van der Waals surface area contributed by atoms with Gasteiger partial charge in [0.25, 0.3) is 0 Å². The van der Waals surface area contributed by atoms with Crippen LogP contribution >= 0.6 is 0 Å². The van der Waals surface area contributed by atoms with Crippen molar-refractivity contribution in [3.05, 3.63) is 61.2 Å². The standard InChI is InChI=1S/C17H24O/c1-4-7-9-14-16(5-2)18-17(6-3)15-12-10-8-11-13-15/h5-6,8,10-13,16-17H,2-4,7,9,14H2,1H3/t16-,17-/m0/s1. The first-order valence-corrected chi connectivity index (χ1v) is 6.77. The van der Waals surface area contributed by atoms with Gasteiger partial charge in [0, 0.05) is 0 Å². The van der Waals surface area contributed by atoms with E-state index in [1.54, 1.807) is 0 Å². The van der Waals surface area contributed by atoms with Gasteiger partial charge in [-0.1, -0.05) is 68.7 Å². The van der Waals surface area contributed by atoms with Crippen LogP contribution in [-0.4, -0.2) is 6.10 Å². The van der Waals surface area contributed by atoms with Gasteiger partial charge in [-0.3, -0.25) is 0 Å². The maximum Gasteiger partial charge on any atom is 0.101 e. The van der Waals surface area contributed by atoms with Crippen molar-refractivity contribution in [2.45, 2.75) is 44.8 Å². The Labute approximate surface area is 111 Å². The van der Waals surface area contributed by atoms with Gasteiger partial charge >= 0.3 is 0 Å². The van der Waals surface area contributed by atoms with E-state index < -0.39 is 0 Å². The predicted molar refractivity (Wildman–Crippen MR) is 78.6 cm³/mol. The topological polar surface area (TPSA) is 9.23 Å². The van der Waals surface area contributed by atoms with E-state index in [-0.39, 0.29) is 12.2 Å². The molecule has 0 N–H and O–H groups in total. The number of rotatable bonds is 9. The van der Waals surface area contributed by atoms with E-state index in [2.05, 4.69) is 32.2 Å². The van der Waals surface area contributed by atoms with E-state index in [0.29, 0.717) is 0 Å². The zero-order valence-electron chi connectivity index (χ0n) is 11.3. The van der Waals surface area contributed by atoms with Gasteiger partial charge in [0.15, 0.2) is 0 Å². The van der Waals surface area contributed by atoms with Crippen molar-refractivity contribution in [2.24, 2.45) is 0 Å². The van der Waals surface area contributed by atoms with Crippen molar-refractivity contribution in [3.63, 3.8) is 0 Å². The second-order valence-electron chi connectivity index (χ2n) is 4.47. The first kappa shape index (κ1) is 14.7. The molecule has 0 radical (unpaired) electrons. The Bertz CT molecular complexity index is 342. The fourth-order valence-electron chi connectivity index (χ4n) is 1.94. The summed E-state index contributed by atoms with van der Waals surface area (Å²) in [6.07, 6.45) is 8.52. The summed E-state index contributed by atoms with van der Waals surface area (Å²) in [6, 6.07) is 10.2. The van der Waals surface area contributed by atoms with Crippen LogP contribution in [0.1, 0.15) is 44.3 Å². The first-order chi connectivity index (χ1) is 8.81. The second-order valence-corrected chi connectivity index (χ2v) is 4.47.